The summed E-state index contributed by atoms with van der Waals surface area (Å²) in [7, 11) is 0. The van der Waals surface area contributed by atoms with Crippen LogP contribution in [-0.2, 0) is 6.61 Å². The molecule has 0 aliphatic heterocycles. The molecule has 2 aromatic rings. The Balaban J connectivity index is 2.05. The molecule has 5 heteroatoms. The molecular formula is C13H15ClN2OS. The molecule has 0 spiro atoms. The van der Waals surface area contributed by atoms with E-state index in [1.807, 2.05) is 37.4 Å². The summed E-state index contributed by atoms with van der Waals surface area (Å²) in [6.45, 7) is 4.32. The monoisotopic (exact) mass is 282 g/mol. The van der Waals surface area contributed by atoms with Crippen LogP contribution in [0.5, 0.6) is 5.75 Å². The number of benzene rings is 1. The lowest BCUT2D eigenvalue weighted by Crippen LogP contribution is -2.05. The number of aryl methyl sites for hydroxylation is 1. The van der Waals surface area contributed by atoms with Gasteiger partial charge in [0.25, 0.3) is 0 Å². The van der Waals surface area contributed by atoms with Crippen LogP contribution in [0, 0.1) is 6.92 Å². The first-order valence-corrected chi connectivity index (χ1v) is 6.91. The number of halogens is 1. The van der Waals surface area contributed by atoms with Crippen LogP contribution in [0.3, 0.4) is 0 Å². The highest BCUT2D eigenvalue weighted by molar-refractivity contribution is 7.09. The van der Waals surface area contributed by atoms with Crippen LogP contribution in [0.1, 0.15) is 29.2 Å². The molecule has 96 valence electrons. The van der Waals surface area contributed by atoms with Crippen LogP contribution < -0.4 is 10.5 Å². The highest BCUT2D eigenvalue weighted by atomic mass is 35.5. The Kier molecular flexibility index (Phi) is 4.22. The summed E-state index contributed by atoms with van der Waals surface area (Å²) in [6.07, 6.45) is 0. The van der Waals surface area contributed by atoms with Crippen molar-refractivity contribution >= 4 is 22.9 Å². The highest BCUT2D eigenvalue weighted by Crippen LogP contribution is 2.28. The summed E-state index contributed by atoms with van der Waals surface area (Å²) < 4.78 is 5.65. The van der Waals surface area contributed by atoms with Crippen molar-refractivity contribution in [2.24, 2.45) is 5.73 Å². The van der Waals surface area contributed by atoms with Crippen LogP contribution in [0.2, 0.25) is 5.02 Å². The predicted octanol–water partition coefficient (Wildman–Crippen LogP) is 3.70. The first kappa shape index (κ1) is 13.3. The molecule has 0 fully saturated rings. The Hall–Kier alpha value is -1.10. The lowest BCUT2D eigenvalue weighted by molar-refractivity contribution is 0.305. The number of nitrogens with two attached hydrogens (primary N) is 1. The second kappa shape index (κ2) is 5.69. The van der Waals surface area contributed by atoms with Gasteiger partial charge in [0.05, 0.1) is 5.02 Å². The van der Waals surface area contributed by atoms with Crippen LogP contribution in [-0.4, -0.2) is 4.98 Å². The average Bonchev–Trinajstić information content (AvgIpc) is 2.73. The number of hydrogen-bond donors (Lipinski definition) is 1. The summed E-state index contributed by atoms with van der Waals surface area (Å²) >= 11 is 7.73. The van der Waals surface area contributed by atoms with Gasteiger partial charge in [-0.05, 0) is 31.5 Å². The molecule has 0 amide bonds. The molecule has 0 aliphatic rings. The van der Waals surface area contributed by atoms with Gasteiger partial charge >= 0.3 is 0 Å². The van der Waals surface area contributed by atoms with E-state index in [4.69, 9.17) is 22.1 Å². The first-order chi connectivity index (χ1) is 8.56. The van der Waals surface area contributed by atoms with Gasteiger partial charge in [-0.3, -0.25) is 0 Å². The number of nitrogens with zero attached hydrogens (tertiary/aromatic N) is 1. The topological polar surface area (TPSA) is 48.1 Å². The van der Waals surface area contributed by atoms with E-state index < -0.39 is 0 Å². The largest absolute Gasteiger partial charge is 0.485 e. The molecule has 0 bridgehead atoms. The Bertz CT molecular complexity index is 540. The molecule has 3 nitrogen and oxygen atoms in total. The van der Waals surface area contributed by atoms with E-state index in [0.29, 0.717) is 17.4 Å². The van der Waals surface area contributed by atoms with E-state index in [1.54, 1.807) is 11.3 Å². The molecule has 1 heterocycles. The molecule has 0 saturated carbocycles. The van der Waals surface area contributed by atoms with E-state index in [-0.39, 0.29) is 6.04 Å². The lowest BCUT2D eigenvalue weighted by atomic mass is 10.1. The van der Waals surface area contributed by atoms with Crippen LogP contribution >= 0.6 is 22.9 Å². The van der Waals surface area contributed by atoms with Crippen molar-refractivity contribution in [2.45, 2.75) is 26.5 Å². The van der Waals surface area contributed by atoms with E-state index in [2.05, 4.69) is 4.98 Å². The maximum atomic E-state index is 6.15. The van der Waals surface area contributed by atoms with E-state index in [1.165, 1.54) is 0 Å². The number of thiazole rings is 1. The minimum absolute atomic E-state index is 0.0295. The van der Waals surface area contributed by atoms with Crippen molar-refractivity contribution in [3.8, 4) is 5.75 Å². The van der Waals surface area contributed by atoms with Gasteiger partial charge in [-0.2, -0.15) is 0 Å². The molecule has 1 atom stereocenters. The zero-order valence-electron chi connectivity index (χ0n) is 10.3. The maximum absolute atomic E-state index is 6.15. The van der Waals surface area contributed by atoms with Gasteiger partial charge in [0, 0.05) is 17.1 Å². The summed E-state index contributed by atoms with van der Waals surface area (Å²) in [5.41, 5.74) is 7.80. The second-order valence-electron chi connectivity index (χ2n) is 4.15. The minimum atomic E-state index is -0.0295. The number of hydrogen-bond acceptors (Lipinski definition) is 4. The van der Waals surface area contributed by atoms with Gasteiger partial charge in [-0.15, -0.1) is 11.3 Å². The Morgan fingerprint density at radius 3 is 2.83 bits per heavy atom. The average molecular weight is 283 g/mol. The van der Waals surface area contributed by atoms with Gasteiger partial charge in [0.1, 0.15) is 17.4 Å². The van der Waals surface area contributed by atoms with E-state index in [9.17, 15) is 0 Å². The molecule has 2 rings (SSSR count). The van der Waals surface area contributed by atoms with Gasteiger partial charge in [-0.25, -0.2) is 4.98 Å². The molecule has 1 aromatic carbocycles. The molecule has 0 saturated heterocycles. The summed E-state index contributed by atoms with van der Waals surface area (Å²) in [5.74, 6) is 0.661. The fourth-order valence-corrected chi connectivity index (χ4v) is 2.45. The second-order valence-corrected chi connectivity index (χ2v) is 5.50. The first-order valence-electron chi connectivity index (χ1n) is 5.65. The number of rotatable bonds is 4. The molecule has 2 N–H and O–H groups in total. The fourth-order valence-electron chi connectivity index (χ4n) is 1.53. The van der Waals surface area contributed by atoms with Crippen LogP contribution in [0.4, 0.5) is 0 Å². The van der Waals surface area contributed by atoms with Crippen LogP contribution in [0.25, 0.3) is 0 Å². The Morgan fingerprint density at radius 2 is 2.28 bits per heavy atom. The van der Waals surface area contributed by atoms with E-state index >= 15 is 0 Å². The summed E-state index contributed by atoms with van der Waals surface area (Å²) in [4.78, 5) is 4.33. The van der Waals surface area contributed by atoms with Gasteiger partial charge in [-0.1, -0.05) is 17.7 Å². The van der Waals surface area contributed by atoms with Crippen molar-refractivity contribution in [3.63, 3.8) is 0 Å². The third kappa shape index (κ3) is 3.22. The molecule has 1 aromatic heterocycles. The normalized spacial score (nSPS) is 12.4. The van der Waals surface area contributed by atoms with Crippen molar-refractivity contribution in [2.75, 3.05) is 0 Å². The lowest BCUT2D eigenvalue weighted by Gasteiger charge is -2.10. The third-order valence-electron chi connectivity index (χ3n) is 2.50. The van der Waals surface area contributed by atoms with Crippen molar-refractivity contribution in [1.82, 2.24) is 4.98 Å². The van der Waals surface area contributed by atoms with Crippen molar-refractivity contribution in [1.29, 1.82) is 0 Å². The fraction of sp³-hybridized carbons (Fsp3) is 0.308. The van der Waals surface area contributed by atoms with Gasteiger partial charge < -0.3 is 10.5 Å². The molecule has 18 heavy (non-hydrogen) atoms. The molecule has 0 unspecified atom stereocenters. The molecular weight excluding hydrogens is 268 g/mol. The Labute approximate surface area is 116 Å². The summed E-state index contributed by atoms with van der Waals surface area (Å²) in [6, 6.07) is 5.59. The Morgan fingerprint density at radius 1 is 1.50 bits per heavy atom. The smallest absolute Gasteiger partial charge is 0.140 e. The van der Waals surface area contributed by atoms with Crippen LogP contribution in [0.15, 0.2) is 23.6 Å². The van der Waals surface area contributed by atoms with E-state index in [0.717, 1.165) is 16.3 Å². The minimum Gasteiger partial charge on any atom is -0.485 e. The standard InChI is InChI=1S/C13H15ClN2OS/c1-8-7-18-13(16-8)6-17-12-4-3-10(9(2)15)5-11(12)14/h3-5,7,9H,6,15H2,1-2H3/t9-/m1/s1. The van der Waals surface area contributed by atoms with Gasteiger partial charge in [0.15, 0.2) is 0 Å². The molecule has 0 radical (unpaired) electrons. The predicted molar refractivity (Wildman–Crippen MR) is 75.2 cm³/mol. The highest BCUT2D eigenvalue weighted by Gasteiger charge is 2.07. The zero-order chi connectivity index (χ0) is 13.1. The van der Waals surface area contributed by atoms with Gasteiger partial charge in [0.2, 0.25) is 0 Å². The SMILES string of the molecule is Cc1csc(COc2ccc([C@@H](C)N)cc2Cl)n1. The number of aromatic nitrogens is 1. The molecule has 0 aliphatic carbocycles. The van der Waals surface area contributed by atoms with Crippen molar-refractivity contribution in [3.05, 3.63) is 44.9 Å². The summed E-state index contributed by atoms with van der Waals surface area (Å²) in [5, 5.41) is 3.53. The number of ether oxygens (including phenoxy) is 1. The maximum Gasteiger partial charge on any atom is 0.140 e. The van der Waals surface area contributed by atoms with Crippen molar-refractivity contribution < 1.29 is 4.74 Å². The quantitative estimate of drug-likeness (QED) is 0.930. The third-order valence-corrected chi connectivity index (χ3v) is 3.73. The zero-order valence-corrected chi connectivity index (χ0v) is 11.9.